The first-order valence-corrected chi connectivity index (χ1v) is 10.3. The number of hydrogen-bond acceptors (Lipinski definition) is 3. The second-order valence-corrected chi connectivity index (χ2v) is 8.29. The Hall–Kier alpha value is -2.19. The molecule has 0 heterocycles. The van der Waals surface area contributed by atoms with Gasteiger partial charge < -0.3 is 5.32 Å². The van der Waals surface area contributed by atoms with E-state index in [1.54, 1.807) is 12.1 Å². The van der Waals surface area contributed by atoms with Gasteiger partial charge in [-0.3, -0.25) is 9.10 Å². The van der Waals surface area contributed by atoms with Crippen LogP contribution in [0.1, 0.15) is 12.0 Å². The Balaban J connectivity index is 1.92. The first-order chi connectivity index (χ1) is 12.7. The maximum atomic E-state index is 13.4. The molecule has 0 aliphatic heterocycles. The van der Waals surface area contributed by atoms with Crippen molar-refractivity contribution in [2.45, 2.75) is 12.8 Å². The summed E-state index contributed by atoms with van der Waals surface area (Å²) in [5, 5.41) is 3.27. The highest BCUT2D eigenvalue weighted by atomic mass is 35.5. The van der Waals surface area contributed by atoms with Crippen molar-refractivity contribution in [3.8, 4) is 0 Å². The molecule has 0 aliphatic rings. The molecule has 0 unspecified atom stereocenters. The van der Waals surface area contributed by atoms with Crippen LogP contribution >= 0.6 is 11.6 Å². The van der Waals surface area contributed by atoms with E-state index in [1.807, 2.05) is 12.1 Å². The van der Waals surface area contributed by atoms with E-state index in [9.17, 15) is 22.0 Å². The van der Waals surface area contributed by atoms with Gasteiger partial charge in [-0.25, -0.2) is 17.2 Å². The molecule has 2 rings (SSSR count). The Morgan fingerprint density at radius 3 is 2.37 bits per heavy atom. The van der Waals surface area contributed by atoms with E-state index in [4.69, 9.17) is 11.6 Å². The van der Waals surface area contributed by atoms with Crippen molar-refractivity contribution >= 4 is 33.2 Å². The second kappa shape index (κ2) is 9.14. The smallest absolute Gasteiger partial charge is 0.240 e. The van der Waals surface area contributed by atoms with E-state index in [-0.39, 0.29) is 5.69 Å². The molecule has 0 saturated heterocycles. The topological polar surface area (TPSA) is 66.5 Å². The molecule has 5 nitrogen and oxygen atoms in total. The third-order valence-corrected chi connectivity index (χ3v) is 5.15. The van der Waals surface area contributed by atoms with E-state index in [1.165, 1.54) is 0 Å². The Morgan fingerprint density at radius 2 is 1.78 bits per heavy atom. The molecule has 146 valence electrons. The number of hydrogen-bond donors (Lipinski definition) is 1. The fourth-order valence-electron chi connectivity index (χ4n) is 2.40. The van der Waals surface area contributed by atoms with Crippen LogP contribution in [0.5, 0.6) is 0 Å². The molecular weight excluding hydrogens is 398 g/mol. The van der Waals surface area contributed by atoms with Crippen LogP contribution in [0.2, 0.25) is 5.02 Å². The lowest BCUT2D eigenvalue weighted by Crippen LogP contribution is -2.40. The average Bonchev–Trinajstić information content (AvgIpc) is 2.60. The van der Waals surface area contributed by atoms with E-state index in [0.717, 1.165) is 40.7 Å². The minimum absolute atomic E-state index is 0.118. The average molecular weight is 417 g/mol. The molecule has 0 saturated carbocycles. The molecule has 0 spiro atoms. The van der Waals surface area contributed by atoms with E-state index < -0.39 is 34.1 Å². The van der Waals surface area contributed by atoms with E-state index >= 15 is 0 Å². The van der Waals surface area contributed by atoms with Crippen molar-refractivity contribution in [2.75, 3.05) is 23.7 Å². The van der Waals surface area contributed by atoms with E-state index in [0.29, 0.717) is 18.0 Å². The largest absolute Gasteiger partial charge is 0.355 e. The quantitative estimate of drug-likeness (QED) is 0.672. The minimum Gasteiger partial charge on any atom is -0.355 e. The van der Waals surface area contributed by atoms with Gasteiger partial charge in [-0.1, -0.05) is 23.7 Å². The Kier molecular flexibility index (Phi) is 7.15. The lowest BCUT2D eigenvalue weighted by molar-refractivity contribution is -0.119. The number of halogens is 3. The zero-order valence-corrected chi connectivity index (χ0v) is 16.2. The summed E-state index contributed by atoms with van der Waals surface area (Å²) < 4.78 is 51.0. The van der Waals surface area contributed by atoms with Gasteiger partial charge in [-0.15, -0.1) is 0 Å². The Morgan fingerprint density at radius 1 is 1.11 bits per heavy atom. The third kappa shape index (κ3) is 6.48. The highest BCUT2D eigenvalue weighted by molar-refractivity contribution is 7.92. The number of nitrogens with one attached hydrogen (secondary N) is 1. The predicted molar refractivity (Wildman–Crippen MR) is 101 cm³/mol. The van der Waals surface area contributed by atoms with Gasteiger partial charge in [0.1, 0.15) is 6.54 Å². The van der Waals surface area contributed by atoms with E-state index in [2.05, 4.69) is 5.32 Å². The molecule has 2 aromatic rings. The summed E-state index contributed by atoms with van der Waals surface area (Å²) in [6.45, 7) is -0.179. The van der Waals surface area contributed by atoms with Crippen molar-refractivity contribution in [3.63, 3.8) is 0 Å². The molecule has 1 amide bonds. The molecule has 2 aromatic carbocycles. The van der Waals surface area contributed by atoms with Crippen LogP contribution in [0.15, 0.2) is 42.5 Å². The summed E-state index contributed by atoms with van der Waals surface area (Å²) in [5.74, 6) is -2.83. The maximum Gasteiger partial charge on any atom is 0.240 e. The molecule has 0 radical (unpaired) electrons. The van der Waals surface area contributed by atoms with Crippen molar-refractivity contribution in [1.29, 1.82) is 0 Å². The normalized spacial score (nSPS) is 11.3. The molecule has 0 aliphatic carbocycles. The highest BCUT2D eigenvalue weighted by Crippen LogP contribution is 2.20. The molecule has 0 atom stereocenters. The lowest BCUT2D eigenvalue weighted by atomic mass is 10.1. The Bertz CT molecular complexity index is 905. The number of amides is 1. The predicted octanol–water partition coefficient (Wildman–Crippen LogP) is 3.13. The summed E-state index contributed by atoms with van der Waals surface area (Å²) >= 11 is 5.81. The fourth-order valence-corrected chi connectivity index (χ4v) is 3.37. The summed E-state index contributed by atoms with van der Waals surface area (Å²) in [7, 11) is -3.85. The molecule has 27 heavy (non-hydrogen) atoms. The zero-order valence-electron chi connectivity index (χ0n) is 14.6. The van der Waals surface area contributed by atoms with Gasteiger partial charge in [-0.05, 0) is 42.7 Å². The van der Waals surface area contributed by atoms with Crippen LogP contribution in [0.25, 0.3) is 0 Å². The number of aryl methyl sites for hydroxylation is 1. The number of benzene rings is 2. The fraction of sp³-hybridized carbons (Fsp3) is 0.278. The van der Waals surface area contributed by atoms with Crippen molar-refractivity contribution in [3.05, 3.63) is 64.7 Å². The van der Waals surface area contributed by atoms with Crippen LogP contribution in [0, 0.1) is 11.6 Å². The number of nitrogens with zero attached hydrogens (tertiary/aromatic N) is 1. The third-order valence-electron chi connectivity index (χ3n) is 3.76. The molecule has 0 bridgehead atoms. The summed E-state index contributed by atoms with van der Waals surface area (Å²) in [6, 6.07) is 9.99. The lowest BCUT2D eigenvalue weighted by Gasteiger charge is -2.22. The summed E-state index contributed by atoms with van der Waals surface area (Å²) in [5.41, 5.74) is 0.945. The summed E-state index contributed by atoms with van der Waals surface area (Å²) in [4.78, 5) is 12.1. The van der Waals surface area contributed by atoms with Crippen molar-refractivity contribution in [2.24, 2.45) is 0 Å². The van der Waals surface area contributed by atoms with Gasteiger partial charge >= 0.3 is 0 Å². The van der Waals surface area contributed by atoms with Gasteiger partial charge in [0.25, 0.3) is 0 Å². The molecule has 9 heteroatoms. The maximum absolute atomic E-state index is 13.4. The van der Waals surface area contributed by atoms with Crippen LogP contribution in [-0.4, -0.2) is 33.7 Å². The standard InChI is InChI=1S/C18H19ClF2N2O3S/c1-27(25,26)23(15-8-9-16(20)17(21)11-15)12-18(24)22-10-2-3-13-4-6-14(19)7-5-13/h4-9,11H,2-3,10,12H2,1H3,(H,22,24). The molecule has 1 N–H and O–H groups in total. The van der Waals surface area contributed by atoms with Gasteiger partial charge in [0.2, 0.25) is 15.9 Å². The zero-order chi connectivity index (χ0) is 20.0. The highest BCUT2D eigenvalue weighted by Gasteiger charge is 2.21. The van der Waals surface area contributed by atoms with Crippen LogP contribution in [-0.2, 0) is 21.2 Å². The number of carbonyl (C=O) groups excluding carboxylic acids is 1. The van der Waals surface area contributed by atoms with Gasteiger partial charge in [0, 0.05) is 17.6 Å². The van der Waals surface area contributed by atoms with Crippen LogP contribution in [0.3, 0.4) is 0 Å². The number of rotatable bonds is 8. The summed E-state index contributed by atoms with van der Waals surface area (Å²) in [6.07, 6.45) is 2.26. The number of anilines is 1. The van der Waals surface area contributed by atoms with Crippen molar-refractivity contribution < 1.29 is 22.0 Å². The minimum atomic E-state index is -3.85. The van der Waals surface area contributed by atoms with Crippen molar-refractivity contribution in [1.82, 2.24) is 5.32 Å². The number of sulfonamides is 1. The van der Waals surface area contributed by atoms with Crippen LogP contribution < -0.4 is 9.62 Å². The monoisotopic (exact) mass is 416 g/mol. The molecule has 0 fully saturated rings. The molecule has 0 aromatic heterocycles. The van der Waals surface area contributed by atoms with Crippen LogP contribution in [0.4, 0.5) is 14.5 Å². The molecular formula is C18H19ClF2N2O3S. The van der Waals surface area contributed by atoms with Gasteiger partial charge in [-0.2, -0.15) is 0 Å². The first-order valence-electron chi connectivity index (χ1n) is 8.11. The second-order valence-electron chi connectivity index (χ2n) is 5.95. The SMILES string of the molecule is CS(=O)(=O)N(CC(=O)NCCCc1ccc(Cl)cc1)c1ccc(F)c(F)c1. The first kappa shape index (κ1) is 21.1. The number of carbonyl (C=O) groups is 1. The Labute approximate surface area is 162 Å². The van der Waals surface area contributed by atoms with Gasteiger partial charge in [0.05, 0.1) is 11.9 Å². The van der Waals surface area contributed by atoms with Gasteiger partial charge in [0.15, 0.2) is 11.6 Å².